The van der Waals surface area contributed by atoms with E-state index in [1.54, 1.807) is 6.92 Å². The number of alkyl halides is 3. The van der Waals surface area contributed by atoms with Crippen molar-refractivity contribution in [1.29, 1.82) is 0 Å². The standard InChI is InChI=1S/C25H21F4NO6/c1-24(12-34-13-24)21(23(32)33)30-22(31)19-8-4-15-10-16(26)5-9-18(15)20(19)35-11-14-2-6-17(7-3-14)36-25(27,28)29/h2-10,21H,11-13H2,1H3,(H,30,31)(H,32,33). The molecule has 1 fully saturated rings. The zero-order valence-electron chi connectivity index (χ0n) is 18.9. The Morgan fingerprint density at radius 1 is 1.11 bits per heavy atom. The molecule has 3 aromatic carbocycles. The number of carboxylic acids is 1. The number of amides is 1. The minimum atomic E-state index is -4.82. The Balaban J connectivity index is 1.62. The van der Waals surface area contributed by atoms with Crippen LogP contribution in [0, 0.1) is 11.2 Å². The summed E-state index contributed by atoms with van der Waals surface area (Å²) in [7, 11) is 0. The van der Waals surface area contributed by atoms with E-state index in [0.717, 1.165) is 12.1 Å². The average Bonchev–Trinajstić information content (AvgIpc) is 2.78. The van der Waals surface area contributed by atoms with Gasteiger partial charge in [-0.3, -0.25) is 4.79 Å². The van der Waals surface area contributed by atoms with Crippen LogP contribution in [0.25, 0.3) is 10.8 Å². The highest BCUT2D eigenvalue weighted by molar-refractivity contribution is 6.05. The fourth-order valence-electron chi connectivity index (χ4n) is 3.88. The molecule has 0 aliphatic carbocycles. The first-order valence-corrected chi connectivity index (χ1v) is 10.8. The van der Waals surface area contributed by atoms with E-state index in [1.807, 2.05) is 0 Å². The highest BCUT2D eigenvalue weighted by Gasteiger charge is 2.46. The minimum Gasteiger partial charge on any atom is -0.487 e. The molecule has 1 heterocycles. The van der Waals surface area contributed by atoms with Crippen molar-refractivity contribution in [1.82, 2.24) is 5.32 Å². The van der Waals surface area contributed by atoms with Crippen molar-refractivity contribution in [3.05, 3.63) is 71.5 Å². The maximum Gasteiger partial charge on any atom is 0.573 e. The van der Waals surface area contributed by atoms with Crippen molar-refractivity contribution in [2.24, 2.45) is 5.41 Å². The topological polar surface area (TPSA) is 94.1 Å². The Hall–Kier alpha value is -3.86. The van der Waals surface area contributed by atoms with Crippen LogP contribution in [0.5, 0.6) is 11.5 Å². The van der Waals surface area contributed by atoms with Crippen molar-refractivity contribution in [3.8, 4) is 11.5 Å². The van der Waals surface area contributed by atoms with Gasteiger partial charge in [0.1, 0.15) is 30.0 Å². The largest absolute Gasteiger partial charge is 0.573 e. The van der Waals surface area contributed by atoms with Crippen LogP contribution in [0.1, 0.15) is 22.8 Å². The van der Waals surface area contributed by atoms with Crippen molar-refractivity contribution < 1.29 is 46.5 Å². The third-order valence-corrected chi connectivity index (χ3v) is 5.80. The number of halogens is 4. The van der Waals surface area contributed by atoms with E-state index in [2.05, 4.69) is 10.1 Å². The van der Waals surface area contributed by atoms with Gasteiger partial charge in [-0.1, -0.05) is 25.1 Å². The summed E-state index contributed by atoms with van der Waals surface area (Å²) in [5, 5.41) is 13.0. The zero-order valence-corrected chi connectivity index (χ0v) is 18.9. The number of hydrogen-bond acceptors (Lipinski definition) is 5. The molecule has 36 heavy (non-hydrogen) atoms. The Morgan fingerprint density at radius 2 is 1.81 bits per heavy atom. The number of carboxylic acid groups (broad SMARTS) is 1. The molecule has 190 valence electrons. The first-order valence-electron chi connectivity index (χ1n) is 10.8. The van der Waals surface area contributed by atoms with Crippen LogP contribution in [0.4, 0.5) is 17.6 Å². The number of fused-ring (bicyclic) bond motifs is 1. The summed E-state index contributed by atoms with van der Waals surface area (Å²) in [5.74, 6) is -2.78. The second kappa shape index (κ2) is 9.65. The SMILES string of the molecule is CC1(C(NC(=O)c2ccc3cc(F)ccc3c2OCc2ccc(OC(F)(F)F)cc2)C(=O)O)COC1. The quantitative estimate of drug-likeness (QED) is 0.431. The molecule has 7 nitrogen and oxygen atoms in total. The minimum absolute atomic E-state index is 0.0150. The lowest BCUT2D eigenvalue weighted by molar-refractivity contribution is -0.274. The Labute approximate surface area is 202 Å². The zero-order chi connectivity index (χ0) is 26.1. The number of carbonyl (C=O) groups excluding carboxylic acids is 1. The van der Waals surface area contributed by atoms with Gasteiger partial charge in [0, 0.05) is 10.8 Å². The van der Waals surface area contributed by atoms with Gasteiger partial charge < -0.3 is 24.6 Å². The Bertz CT molecular complexity index is 1290. The lowest BCUT2D eigenvalue weighted by Crippen LogP contribution is -2.59. The van der Waals surface area contributed by atoms with Crippen LogP contribution < -0.4 is 14.8 Å². The molecule has 11 heteroatoms. The third kappa shape index (κ3) is 5.51. The van der Waals surface area contributed by atoms with Gasteiger partial charge in [0.15, 0.2) is 0 Å². The molecule has 1 unspecified atom stereocenters. The normalized spacial score (nSPS) is 15.6. The van der Waals surface area contributed by atoms with Gasteiger partial charge in [0.25, 0.3) is 5.91 Å². The smallest absolute Gasteiger partial charge is 0.487 e. The van der Waals surface area contributed by atoms with E-state index in [-0.39, 0.29) is 31.1 Å². The molecule has 0 aromatic heterocycles. The molecule has 0 saturated carbocycles. The highest BCUT2D eigenvalue weighted by Crippen LogP contribution is 2.34. The Kier molecular flexibility index (Phi) is 6.77. The van der Waals surface area contributed by atoms with E-state index in [9.17, 15) is 32.3 Å². The fraction of sp³-hybridized carbons (Fsp3) is 0.280. The lowest BCUT2D eigenvalue weighted by atomic mass is 9.80. The summed E-state index contributed by atoms with van der Waals surface area (Å²) in [5.41, 5.74) is -0.304. The molecule has 1 amide bonds. The number of rotatable bonds is 8. The maximum atomic E-state index is 13.8. The molecule has 1 atom stereocenters. The number of hydrogen-bond donors (Lipinski definition) is 2. The number of aliphatic carboxylic acids is 1. The van der Waals surface area contributed by atoms with Crippen LogP contribution in [0.15, 0.2) is 54.6 Å². The molecule has 0 spiro atoms. The molecule has 1 aliphatic rings. The van der Waals surface area contributed by atoms with E-state index in [4.69, 9.17) is 9.47 Å². The van der Waals surface area contributed by atoms with Gasteiger partial charge in [0.2, 0.25) is 0 Å². The van der Waals surface area contributed by atoms with Crippen molar-refractivity contribution in [2.75, 3.05) is 13.2 Å². The van der Waals surface area contributed by atoms with Gasteiger partial charge in [-0.15, -0.1) is 13.2 Å². The molecule has 1 aliphatic heterocycles. The van der Waals surface area contributed by atoms with Gasteiger partial charge in [-0.05, 0) is 47.3 Å². The van der Waals surface area contributed by atoms with Crippen LogP contribution >= 0.6 is 0 Å². The van der Waals surface area contributed by atoms with Crippen molar-refractivity contribution >= 4 is 22.6 Å². The van der Waals surface area contributed by atoms with Gasteiger partial charge in [-0.25, -0.2) is 9.18 Å². The number of ether oxygens (including phenoxy) is 3. The third-order valence-electron chi connectivity index (χ3n) is 5.80. The molecule has 3 aromatic rings. The summed E-state index contributed by atoms with van der Waals surface area (Å²) in [6.45, 7) is 1.87. The summed E-state index contributed by atoms with van der Waals surface area (Å²) in [6.07, 6.45) is -4.82. The molecular formula is C25H21F4NO6. The predicted molar refractivity (Wildman–Crippen MR) is 119 cm³/mol. The van der Waals surface area contributed by atoms with Gasteiger partial charge >= 0.3 is 12.3 Å². The highest BCUT2D eigenvalue weighted by atomic mass is 19.4. The summed E-state index contributed by atoms with van der Waals surface area (Å²) >= 11 is 0. The molecule has 0 bridgehead atoms. The Morgan fingerprint density at radius 3 is 2.39 bits per heavy atom. The van der Waals surface area contributed by atoms with Crippen LogP contribution in [-0.2, 0) is 16.1 Å². The van der Waals surface area contributed by atoms with Crippen LogP contribution in [0.3, 0.4) is 0 Å². The average molecular weight is 507 g/mol. The fourth-order valence-corrected chi connectivity index (χ4v) is 3.88. The summed E-state index contributed by atoms with van der Waals surface area (Å²) in [4.78, 5) is 25.0. The van der Waals surface area contributed by atoms with Crippen LogP contribution in [0.2, 0.25) is 0 Å². The second-order valence-corrected chi connectivity index (χ2v) is 8.68. The predicted octanol–water partition coefficient (Wildman–Crippen LogP) is 4.68. The number of nitrogens with one attached hydrogen (secondary N) is 1. The molecule has 2 N–H and O–H groups in total. The number of benzene rings is 3. The van der Waals surface area contributed by atoms with Crippen LogP contribution in [-0.4, -0.2) is 42.6 Å². The monoisotopic (exact) mass is 507 g/mol. The van der Waals surface area contributed by atoms with E-state index >= 15 is 0 Å². The molecular weight excluding hydrogens is 486 g/mol. The molecule has 1 saturated heterocycles. The first kappa shape index (κ1) is 25.2. The molecule has 0 radical (unpaired) electrons. The first-order chi connectivity index (χ1) is 16.9. The maximum absolute atomic E-state index is 13.8. The summed E-state index contributed by atoms with van der Waals surface area (Å²) in [6, 6.07) is 10.5. The number of carbonyl (C=O) groups is 2. The second-order valence-electron chi connectivity index (χ2n) is 8.68. The molecule has 4 rings (SSSR count). The summed E-state index contributed by atoms with van der Waals surface area (Å²) < 4.78 is 65.8. The van der Waals surface area contributed by atoms with E-state index < -0.39 is 41.3 Å². The lowest BCUT2D eigenvalue weighted by Gasteiger charge is -2.42. The van der Waals surface area contributed by atoms with Gasteiger partial charge in [-0.2, -0.15) is 0 Å². The van der Waals surface area contributed by atoms with E-state index in [0.29, 0.717) is 16.3 Å². The van der Waals surface area contributed by atoms with Crippen molar-refractivity contribution in [3.63, 3.8) is 0 Å². The van der Waals surface area contributed by atoms with Crippen molar-refractivity contribution in [2.45, 2.75) is 25.9 Å². The van der Waals surface area contributed by atoms with Gasteiger partial charge in [0.05, 0.1) is 18.8 Å². The van der Waals surface area contributed by atoms with E-state index in [1.165, 1.54) is 42.5 Å².